The lowest BCUT2D eigenvalue weighted by atomic mass is 9.79. The first-order valence-electron chi connectivity index (χ1n) is 11.4. The van der Waals surface area contributed by atoms with Crippen LogP contribution in [0.3, 0.4) is 0 Å². The van der Waals surface area contributed by atoms with Gasteiger partial charge in [-0.05, 0) is 62.1 Å². The van der Waals surface area contributed by atoms with Crippen LogP contribution in [0.15, 0.2) is 24.3 Å². The lowest BCUT2D eigenvalue weighted by Gasteiger charge is -2.50. The molecule has 3 heterocycles. The minimum Gasteiger partial charge on any atom is -0.381 e. The summed E-state index contributed by atoms with van der Waals surface area (Å²) in [4.78, 5) is 17.9. The first-order chi connectivity index (χ1) is 13.7. The third kappa shape index (κ3) is 4.28. The van der Waals surface area contributed by atoms with Crippen LogP contribution >= 0.6 is 0 Å². The van der Waals surface area contributed by atoms with Crippen LogP contribution in [0.4, 0.5) is 0 Å². The molecule has 0 radical (unpaired) electrons. The molecule has 4 nitrogen and oxygen atoms in total. The van der Waals surface area contributed by atoms with Crippen molar-refractivity contribution in [2.45, 2.75) is 70.4 Å². The number of ether oxygens (including phenoxy) is 1. The van der Waals surface area contributed by atoms with Crippen molar-refractivity contribution in [2.75, 3.05) is 32.8 Å². The summed E-state index contributed by atoms with van der Waals surface area (Å²) >= 11 is 0. The largest absolute Gasteiger partial charge is 0.381 e. The molecule has 2 saturated heterocycles. The molecule has 1 amide bonds. The third-order valence-corrected chi connectivity index (χ3v) is 7.11. The first-order valence-corrected chi connectivity index (χ1v) is 11.4. The summed E-state index contributed by atoms with van der Waals surface area (Å²) < 4.78 is 5.60. The van der Waals surface area contributed by atoms with Crippen molar-refractivity contribution in [2.24, 2.45) is 5.92 Å². The smallest absolute Gasteiger partial charge is 0.222 e. The highest BCUT2D eigenvalue weighted by molar-refractivity contribution is 5.76. The minimum atomic E-state index is 0.104. The summed E-state index contributed by atoms with van der Waals surface area (Å²) in [6.07, 6.45) is 8.82. The summed E-state index contributed by atoms with van der Waals surface area (Å²) in [6, 6.07) is 8.82. The van der Waals surface area contributed by atoms with Gasteiger partial charge in [-0.2, -0.15) is 0 Å². The number of amides is 1. The number of carbonyl (C=O) groups is 1. The van der Waals surface area contributed by atoms with E-state index in [1.165, 1.54) is 56.3 Å². The summed E-state index contributed by atoms with van der Waals surface area (Å²) in [5.41, 5.74) is 2.90. The molecule has 0 aliphatic carbocycles. The average molecular weight is 385 g/mol. The molecule has 0 N–H and O–H groups in total. The fourth-order valence-electron chi connectivity index (χ4n) is 5.52. The number of benzene rings is 1. The second-order valence-electron chi connectivity index (χ2n) is 9.13. The zero-order valence-electron chi connectivity index (χ0n) is 17.5. The van der Waals surface area contributed by atoms with E-state index in [1.54, 1.807) is 0 Å². The van der Waals surface area contributed by atoms with E-state index in [-0.39, 0.29) is 5.54 Å². The monoisotopic (exact) mass is 384 g/mol. The zero-order valence-corrected chi connectivity index (χ0v) is 17.5. The van der Waals surface area contributed by atoms with E-state index in [0.29, 0.717) is 12.3 Å². The number of hydrogen-bond acceptors (Lipinski definition) is 3. The van der Waals surface area contributed by atoms with Gasteiger partial charge in [0.2, 0.25) is 5.91 Å². The van der Waals surface area contributed by atoms with Gasteiger partial charge in [0, 0.05) is 44.8 Å². The number of piperidine rings is 1. The lowest BCUT2D eigenvalue weighted by molar-refractivity contribution is -0.134. The number of rotatable bonds is 4. The van der Waals surface area contributed by atoms with Crippen LogP contribution in [0, 0.1) is 5.92 Å². The summed E-state index contributed by atoms with van der Waals surface area (Å²) in [6.45, 7) is 7.95. The van der Waals surface area contributed by atoms with E-state index in [4.69, 9.17) is 4.74 Å². The Morgan fingerprint density at radius 1 is 1.18 bits per heavy atom. The first kappa shape index (κ1) is 19.9. The van der Waals surface area contributed by atoms with Crippen molar-refractivity contribution in [3.63, 3.8) is 0 Å². The van der Waals surface area contributed by atoms with Crippen molar-refractivity contribution in [1.29, 1.82) is 0 Å². The van der Waals surface area contributed by atoms with E-state index in [2.05, 4.69) is 41.0 Å². The molecular weight excluding hydrogens is 348 g/mol. The van der Waals surface area contributed by atoms with E-state index < -0.39 is 0 Å². The van der Waals surface area contributed by atoms with Gasteiger partial charge in [-0.1, -0.05) is 37.6 Å². The molecule has 1 unspecified atom stereocenters. The van der Waals surface area contributed by atoms with Gasteiger partial charge in [-0.3, -0.25) is 9.69 Å². The maximum atomic E-state index is 13.0. The Labute approximate surface area is 170 Å². The van der Waals surface area contributed by atoms with Gasteiger partial charge < -0.3 is 9.64 Å². The Bertz CT molecular complexity index is 670. The molecule has 0 aromatic heterocycles. The molecule has 0 bridgehead atoms. The Morgan fingerprint density at radius 2 is 1.96 bits per heavy atom. The summed E-state index contributed by atoms with van der Waals surface area (Å²) in [5.74, 6) is 1.07. The molecule has 28 heavy (non-hydrogen) atoms. The van der Waals surface area contributed by atoms with Crippen LogP contribution < -0.4 is 0 Å². The molecule has 154 valence electrons. The standard InChI is InChI=1S/C24H36N2O2/c1-2-7-23(27)25-18-22-9-4-3-8-21(22)16-24(19-25)12-5-6-13-26(24)17-20-10-14-28-15-11-20/h3-4,8-9,20H,2,5-7,10-19H2,1H3. The molecule has 4 heteroatoms. The van der Waals surface area contributed by atoms with Gasteiger partial charge in [0.1, 0.15) is 0 Å². The second kappa shape index (κ2) is 8.96. The molecule has 3 aliphatic rings. The van der Waals surface area contributed by atoms with Crippen LogP contribution in [-0.2, 0) is 22.5 Å². The van der Waals surface area contributed by atoms with Crippen LogP contribution in [0.1, 0.15) is 63.0 Å². The highest BCUT2D eigenvalue weighted by Gasteiger charge is 2.43. The van der Waals surface area contributed by atoms with Gasteiger partial charge >= 0.3 is 0 Å². The van der Waals surface area contributed by atoms with Crippen LogP contribution in [0.2, 0.25) is 0 Å². The highest BCUT2D eigenvalue weighted by Crippen LogP contribution is 2.37. The van der Waals surface area contributed by atoms with Crippen molar-refractivity contribution < 1.29 is 9.53 Å². The third-order valence-electron chi connectivity index (χ3n) is 7.11. The molecule has 1 aromatic rings. The van der Waals surface area contributed by atoms with Crippen molar-refractivity contribution in [3.05, 3.63) is 35.4 Å². The highest BCUT2D eigenvalue weighted by atomic mass is 16.5. The summed E-state index contributed by atoms with van der Waals surface area (Å²) in [5, 5.41) is 0. The minimum absolute atomic E-state index is 0.104. The topological polar surface area (TPSA) is 32.8 Å². The van der Waals surface area contributed by atoms with Crippen molar-refractivity contribution >= 4 is 5.91 Å². The fraction of sp³-hybridized carbons (Fsp3) is 0.708. The average Bonchev–Trinajstić information content (AvgIpc) is 2.88. The Balaban J connectivity index is 1.63. The predicted octanol–water partition coefficient (Wildman–Crippen LogP) is 4.02. The Morgan fingerprint density at radius 3 is 2.75 bits per heavy atom. The number of likely N-dealkylation sites (tertiary alicyclic amines) is 1. The molecule has 2 fully saturated rings. The van der Waals surface area contributed by atoms with E-state index >= 15 is 0 Å². The number of hydrogen-bond donors (Lipinski definition) is 0. The maximum absolute atomic E-state index is 13.0. The van der Waals surface area contributed by atoms with Gasteiger partial charge in [0.25, 0.3) is 0 Å². The second-order valence-corrected chi connectivity index (χ2v) is 9.13. The molecule has 4 rings (SSSR count). The molecule has 0 saturated carbocycles. The normalized spacial score (nSPS) is 26.8. The molecule has 1 spiro atoms. The Hall–Kier alpha value is -1.39. The van der Waals surface area contributed by atoms with Crippen molar-refractivity contribution in [1.82, 2.24) is 9.80 Å². The van der Waals surface area contributed by atoms with Gasteiger partial charge in [0.05, 0.1) is 0 Å². The van der Waals surface area contributed by atoms with Crippen molar-refractivity contribution in [3.8, 4) is 0 Å². The van der Waals surface area contributed by atoms with Gasteiger partial charge in [-0.25, -0.2) is 0 Å². The SMILES string of the molecule is CCCC(=O)N1Cc2ccccc2CC2(CCCCN2CC2CCOCC2)C1. The zero-order chi connectivity index (χ0) is 19.4. The van der Waals surface area contributed by atoms with Gasteiger partial charge in [0.15, 0.2) is 0 Å². The molecule has 1 atom stereocenters. The van der Waals surface area contributed by atoms with Crippen LogP contribution in [0.5, 0.6) is 0 Å². The number of fused-ring (bicyclic) bond motifs is 1. The predicted molar refractivity (Wildman–Crippen MR) is 112 cm³/mol. The molecule has 3 aliphatic heterocycles. The summed E-state index contributed by atoms with van der Waals surface area (Å²) in [7, 11) is 0. The van der Waals surface area contributed by atoms with E-state index in [1.807, 2.05) is 0 Å². The molecule has 1 aromatic carbocycles. The molecular formula is C24H36N2O2. The Kier molecular flexibility index (Phi) is 6.37. The van der Waals surface area contributed by atoms with Gasteiger partial charge in [-0.15, -0.1) is 0 Å². The lowest BCUT2D eigenvalue weighted by Crippen LogP contribution is -2.60. The number of nitrogens with zero attached hydrogens (tertiary/aromatic N) is 2. The van der Waals surface area contributed by atoms with Crippen LogP contribution in [-0.4, -0.2) is 54.1 Å². The maximum Gasteiger partial charge on any atom is 0.222 e. The fourth-order valence-corrected chi connectivity index (χ4v) is 5.52. The van der Waals surface area contributed by atoms with E-state index in [9.17, 15) is 4.79 Å². The van der Waals surface area contributed by atoms with E-state index in [0.717, 1.165) is 45.1 Å². The van der Waals surface area contributed by atoms with Crippen LogP contribution in [0.25, 0.3) is 0 Å². The number of carbonyl (C=O) groups excluding carboxylic acids is 1. The quantitative estimate of drug-likeness (QED) is 0.786.